The van der Waals surface area contributed by atoms with Crippen molar-refractivity contribution in [2.24, 2.45) is 28.6 Å². The van der Waals surface area contributed by atoms with Gasteiger partial charge in [0.05, 0.1) is 0 Å². The standard InChI is InChI=1S/C22H30O4/c1-14(23)26-16-7-10-20(2)15(13-16)5-6-17-18(20)8-11-21(3)19(17)9-12-22(21,24)25-4/h5-7,10,13,16-19,24H,8-9,11-12H2,1-4H3/t16?,17-,18+,19+,20+,21+,22-/m1/s1. The smallest absolute Gasteiger partial charge is 0.303 e. The van der Waals surface area contributed by atoms with Gasteiger partial charge in [0.1, 0.15) is 6.10 Å². The number of hydrogen-bond donors (Lipinski definition) is 1. The SMILES string of the molecule is CO[C@]1(O)CC[C@H]2[C@@H]3C=CC4=CC(OC(C)=O)C=C[C@]4(C)[C@H]3CC[C@@]21C. The Morgan fingerprint density at radius 3 is 2.62 bits per heavy atom. The molecule has 4 aliphatic carbocycles. The van der Waals surface area contributed by atoms with Crippen molar-refractivity contribution in [1.29, 1.82) is 0 Å². The zero-order chi connectivity index (χ0) is 18.7. The number of fused-ring (bicyclic) bond motifs is 5. The third-order valence-electron chi connectivity index (χ3n) is 7.91. The van der Waals surface area contributed by atoms with Crippen LogP contribution >= 0.6 is 0 Å². The molecule has 0 bridgehead atoms. The molecule has 4 rings (SSSR count). The fraction of sp³-hybridized carbons (Fsp3) is 0.682. The molecule has 1 unspecified atom stereocenters. The molecule has 142 valence electrons. The van der Waals surface area contributed by atoms with Gasteiger partial charge in [-0.2, -0.15) is 0 Å². The normalized spacial score (nSPS) is 49.0. The molecule has 2 saturated carbocycles. The van der Waals surface area contributed by atoms with Crippen molar-refractivity contribution in [3.63, 3.8) is 0 Å². The minimum atomic E-state index is -1.00. The van der Waals surface area contributed by atoms with Crippen molar-refractivity contribution in [2.75, 3.05) is 7.11 Å². The second-order valence-electron chi connectivity index (χ2n) is 8.97. The number of methoxy groups -OCH3 is 1. The Morgan fingerprint density at radius 2 is 1.92 bits per heavy atom. The Labute approximate surface area is 155 Å². The number of carbonyl (C=O) groups excluding carboxylic acids is 1. The lowest BCUT2D eigenvalue weighted by Gasteiger charge is -2.56. The topological polar surface area (TPSA) is 55.8 Å². The summed E-state index contributed by atoms with van der Waals surface area (Å²) in [6, 6.07) is 0. The van der Waals surface area contributed by atoms with Crippen LogP contribution in [0.3, 0.4) is 0 Å². The number of rotatable bonds is 2. The van der Waals surface area contributed by atoms with E-state index in [4.69, 9.17) is 9.47 Å². The maximum atomic E-state index is 11.3. The minimum Gasteiger partial charge on any atom is -0.454 e. The second kappa shape index (κ2) is 5.80. The van der Waals surface area contributed by atoms with Crippen LogP contribution in [-0.4, -0.2) is 30.1 Å². The fourth-order valence-electron chi connectivity index (χ4n) is 6.33. The molecule has 0 aliphatic heterocycles. The third kappa shape index (κ3) is 2.31. The molecule has 0 spiro atoms. The van der Waals surface area contributed by atoms with Gasteiger partial charge in [0.15, 0.2) is 5.79 Å². The van der Waals surface area contributed by atoms with Gasteiger partial charge in [-0.1, -0.05) is 32.1 Å². The largest absolute Gasteiger partial charge is 0.454 e. The summed E-state index contributed by atoms with van der Waals surface area (Å²) in [4.78, 5) is 11.3. The Balaban J connectivity index is 1.67. The monoisotopic (exact) mass is 358 g/mol. The van der Waals surface area contributed by atoms with Crippen molar-refractivity contribution < 1.29 is 19.4 Å². The van der Waals surface area contributed by atoms with E-state index < -0.39 is 5.79 Å². The van der Waals surface area contributed by atoms with Crippen molar-refractivity contribution in [3.05, 3.63) is 36.0 Å². The van der Waals surface area contributed by atoms with Gasteiger partial charge >= 0.3 is 5.97 Å². The van der Waals surface area contributed by atoms with Crippen LogP contribution in [0.2, 0.25) is 0 Å². The molecule has 26 heavy (non-hydrogen) atoms. The van der Waals surface area contributed by atoms with E-state index in [1.165, 1.54) is 12.5 Å². The van der Waals surface area contributed by atoms with E-state index in [1.54, 1.807) is 7.11 Å². The number of hydrogen-bond acceptors (Lipinski definition) is 4. The third-order valence-corrected chi connectivity index (χ3v) is 7.91. The lowest BCUT2D eigenvalue weighted by molar-refractivity contribution is -0.260. The van der Waals surface area contributed by atoms with Crippen LogP contribution in [0.1, 0.15) is 46.5 Å². The number of esters is 1. The first kappa shape index (κ1) is 18.0. The molecule has 2 fully saturated rings. The summed E-state index contributed by atoms with van der Waals surface area (Å²) in [6.45, 7) is 5.96. The van der Waals surface area contributed by atoms with Gasteiger partial charge in [-0.15, -0.1) is 0 Å². The Bertz CT molecular complexity index is 707. The quantitative estimate of drug-likeness (QED) is 0.464. The second-order valence-corrected chi connectivity index (χ2v) is 8.97. The maximum absolute atomic E-state index is 11.3. The summed E-state index contributed by atoms with van der Waals surface area (Å²) in [5.41, 5.74) is 1.02. The van der Waals surface area contributed by atoms with Crippen LogP contribution in [0.5, 0.6) is 0 Å². The van der Waals surface area contributed by atoms with E-state index in [0.717, 1.165) is 19.3 Å². The molecule has 0 radical (unpaired) electrons. The van der Waals surface area contributed by atoms with E-state index in [2.05, 4.69) is 38.2 Å². The highest BCUT2D eigenvalue weighted by Gasteiger charge is 2.63. The lowest BCUT2D eigenvalue weighted by atomic mass is 9.50. The summed E-state index contributed by atoms with van der Waals surface area (Å²) in [5.74, 6) is 0.119. The molecule has 0 aromatic heterocycles. The van der Waals surface area contributed by atoms with Crippen LogP contribution < -0.4 is 0 Å². The first-order valence-corrected chi connectivity index (χ1v) is 9.78. The van der Waals surface area contributed by atoms with Gasteiger partial charge in [0.25, 0.3) is 0 Å². The molecule has 0 amide bonds. The average molecular weight is 358 g/mol. The van der Waals surface area contributed by atoms with Gasteiger partial charge in [-0.3, -0.25) is 4.79 Å². The summed E-state index contributed by atoms with van der Waals surface area (Å²) >= 11 is 0. The highest BCUT2D eigenvalue weighted by molar-refractivity contribution is 5.66. The van der Waals surface area contributed by atoms with Gasteiger partial charge in [0.2, 0.25) is 0 Å². The van der Waals surface area contributed by atoms with Crippen molar-refractivity contribution in [3.8, 4) is 0 Å². The van der Waals surface area contributed by atoms with Gasteiger partial charge < -0.3 is 14.6 Å². The van der Waals surface area contributed by atoms with Crippen LogP contribution in [0, 0.1) is 28.6 Å². The number of ether oxygens (including phenoxy) is 2. The Hall–Kier alpha value is -1.39. The molecular weight excluding hydrogens is 328 g/mol. The molecule has 0 aromatic rings. The molecule has 4 aliphatic rings. The highest BCUT2D eigenvalue weighted by Crippen LogP contribution is 2.65. The summed E-state index contributed by atoms with van der Waals surface area (Å²) in [5, 5.41) is 11.0. The van der Waals surface area contributed by atoms with E-state index in [0.29, 0.717) is 24.2 Å². The lowest BCUT2D eigenvalue weighted by Crippen LogP contribution is -2.54. The average Bonchev–Trinajstić information content (AvgIpc) is 2.87. The van der Waals surface area contributed by atoms with E-state index in [-0.39, 0.29) is 22.9 Å². The summed E-state index contributed by atoms with van der Waals surface area (Å²) in [7, 11) is 1.64. The summed E-state index contributed by atoms with van der Waals surface area (Å²) in [6.07, 6.45) is 14.4. The van der Waals surface area contributed by atoms with E-state index >= 15 is 0 Å². The van der Waals surface area contributed by atoms with Gasteiger partial charge in [-0.05, 0) is 54.7 Å². The number of aliphatic hydroxyl groups is 1. The van der Waals surface area contributed by atoms with Gasteiger partial charge in [0, 0.05) is 31.3 Å². The predicted molar refractivity (Wildman–Crippen MR) is 99.0 cm³/mol. The first-order valence-electron chi connectivity index (χ1n) is 9.78. The zero-order valence-electron chi connectivity index (χ0n) is 16.2. The molecule has 4 nitrogen and oxygen atoms in total. The van der Waals surface area contributed by atoms with E-state index in [1.807, 2.05) is 6.08 Å². The van der Waals surface area contributed by atoms with Crippen LogP contribution in [0.25, 0.3) is 0 Å². The van der Waals surface area contributed by atoms with Crippen LogP contribution in [-0.2, 0) is 14.3 Å². The van der Waals surface area contributed by atoms with Gasteiger partial charge in [-0.25, -0.2) is 0 Å². The Kier molecular flexibility index (Phi) is 4.02. The molecule has 0 saturated heterocycles. The maximum Gasteiger partial charge on any atom is 0.303 e. The molecule has 0 heterocycles. The fourth-order valence-corrected chi connectivity index (χ4v) is 6.33. The number of carbonyl (C=O) groups is 1. The molecule has 4 heteroatoms. The Morgan fingerprint density at radius 1 is 1.19 bits per heavy atom. The molecule has 7 atom stereocenters. The first-order chi connectivity index (χ1) is 12.2. The molecule has 0 aromatic carbocycles. The predicted octanol–water partition coefficient (Wildman–Crippen LogP) is 3.77. The minimum absolute atomic E-state index is 0.0365. The zero-order valence-corrected chi connectivity index (χ0v) is 16.2. The van der Waals surface area contributed by atoms with Crippen molar-refractivity contribution in [2.45, 2.75) is 58.3 Å². The number of allylic oxidation sites excluding steroid dienone is 4. The molecule has 1 N–H and O–H groups in total. The summed E-state index contributed by atoms with van der Waals surface area (Å²) < 4.78 is 11.0. The van der Waals surface area contributed by atoms with Crippen LogP contribution in [0.15, 0.2) is 36.0 Å². The van der Waals surface area contributed by atoms with Crippen LogP contribution in [0.4, 0.5) is 0 Å². The molecular formula is C22H30O4. The highest BCUT2D eigenvalue weighted by atomic mass is 16.6. The van der Waals surface area contributed by atoms with Crippen molar-refractivity contribution in [1.82, 2.24) is 0 Å². The van der Waals surface area contributed by atoms with E-state index in [9.17, 15) is 9.90 Å². The van der Waals surface area contributed by atoms with Crippen molar-refractivity contribution >= 4 is 5.97 Å².